The summed E-state index contributed by atoms with van der Waals surface area (Å²) in [6.07, 6.45) is 4.29. The van der Waals surface area contributed by atoms with Gasteiger partial charge in [0.1, 0.15) is 24.0 Å². The molecule has 1 aromatic heterocycles. The first kappa shape index (κ1) is 15.9. The van der Waals surface area contributed by atoms with E-state index in [4.69, 9.17) is 36.5 Å². The van der Waals surface area contributed by atoms with Crippen LogP contribution < -0.4 is 10.5 Å². The lowest BCUT2D eigenvalue weighted by Gasteiger charge is -2.45. The smallest absolute Gasteiger partial charge is 0.283 e. The maximum Gasteiger partial charge on any atom is 0.283 e. The molecule has 5 rings (SSSR count). The number of pyridine rings is 1. The normalized spacial score (nSPS) is 29.3. The van der Waals surface area contributed by atoms with Gasteiger partial charge in [0.15, 0.2) is 0 Å². The van der Waals surface area contributed by atoms with Gasteiger partial charge in [0.25, 0.3) is 6.02 Å². The van der Waals surface area contributed by atoms with Crippen LogP contribution in [0.2, 0.25) is 5.02 Å². The summed E-state index contributed by atoms with van der Waals surface area (Å²) in [7, 11) is 0. The molecule has 0 unspecified atom stereocenters. The molecule has 3 aliphatic heterocycles. The molecule has 0 radical (unpaired) electrons. The summed E-state index contributed by atoms with van der Waals surface area (Å²) >= 11 is 6.11. The molecule has 0 saturated carbocycles. The van der Waals surface area contributed by atoms with Gasteiger partial charge in [0.05, 0.1) is 24.2 Å². The highest BCUT2D eigenvalue weighted by Crippen LogP contribution is 2.50. The SMILES string of the molecule is NC1=N[C@@]2(CO1)c1cc(-c3cncc(Cl)c3)ccc1O[C@@H]1CCOC[C@H]12. The topological polar surface area (TPSA) is 79.0 Å². The molecule has 1 spiro atoms. The van der Waals surface area contributed by atoms with Crippen LogP contribution in [0.4, 0.5) is 0 Å². The van der Waals surface area contributed by atoms with Crippen molar-refractivity contribution in [2.45, 2.75) is 18.1 Å². The van der Waals surface area contributed by atoms with Crippen molar-refractivity contribution in [3.63, 3.8) is 0 Å². The summed E-state index contributed by atoms with van der Waals surface area (Å²) in [6, 6.07) is 8.20. The summed E-state index contributed by atoms with van der Waals surface area (Å²) in [4.78, 5) is 8.91. The Kier molecular flexibility index (Phi) is 3.58. The number of hydrogen-bond acceptors (Lipinski definition) is 6. The molecule has 6 nitrogen and oxygen atoms in total. The monoisotopic (exact) mass is 371 g/mol. The van der Waals surface area contributed by atoms with E-state index in [1.54, 1.807) is 12.4 Å². The average Bonchev–Trinajstić information content (AvgIpc) is 3.04. The van der Waals surface area contributed by atoms with Crippen LogP contribution in [0.25, 0.3) is 11.1 Å². The van der Waals surface area contributed by atoms with Gasteiger partial charge < -0.3 is 19.9 Å². The highest BCUT2D eigenvalue weighted by Gasteiger charge is 2.54. The predicted molar refractivity (Wildman–Crippen MR) is 97.3 cm³/mol. The lowest BCUT2D eigenvalue weighted by Crippen LogP contribution is -2.52. The second kappa shape index (κ2) is 5.86. The van der Waals surface area contributed by atoms with Gasteiger partial charge in [-0.1, -0.05) is 17.7 Å². The van der Waals surface area contributed by atoms with E-state index in [0.717, 1.165) is 28.9 Å². The molecule has 2 aromatic rings. The lowest BCUT2D eigenvalue weighted by atomic mass is 9.72. The third-order valence-electron chi connectivity index (χ3n) is 5.42. The van der Waals surface area contributed by atoms with E-state index in [1.807, 2.05) is 18.2 Å². The van der Waals surface area contributed by atoms with Crippen LogP contribution in [0.15, 0.2) is 41.7 Å². The molecule has 26 heavy (non-hydrogen) atoms. The van der Waals surface area contributed by atoms with Crippen LogP contribution in [0.1, 0.15) is 12.0 Å². The Hall–Kier alpha value is -2.31. The minimum atomic E-state index is -0.579. The van der Waals surface area contributed by atoms with Crippen LogP contribution in [0, 0.1) is 5.92 Å². The maximum absolute atomic E-state index is 6.29. The number of halogens is 1. The first-order valence-corrected chi connectivity index (χ1v) is 9.01. The standard InChI is InChI=1S/C19H18ClN3O3/c20-13-5-12(7-22-8-13)11-1-2-16-14(6-11)19(10-25-18(21)23-19)15-9-24-4-3-17(15)26-16/h1-2,5-8,15,17H,3-4,9-10H2,(H2,21,23)/t15-,17-,19+/m1/s1. The number of amidine groups is 1. The zero-order valence-corrected chi connectivity index (χ0v) is 14.8. The minimum Gasteiger partial charge on any atom is -0.489 e. The molecular weight excluding hydrogens is 354 g/mol. The van der Waals surface area contributed by atoms with E-state index in [2.05, 4.69) is 11.1 Å². The Morgan fingerprint density at radius 3 is 2.92 bits per heavy atom. The minimum absolute atomic E-state index is 0.0492. The Bertz CT molecular complexity index is 903. The molecule has 1 aromatic carbocycles. The summed E-state index contributed by atoms with van der Waals surface area (Å²) < 4.78 is 17.6. The first-order chi connectivity index (χ1) is 12.7. The molecule has 2 N–H and O–H groups in total. The van der Waals surface area contributed by atoms with Crippen molar-refractivity contribution in [3.05, 3.63) is 47.2 Å². The summed E-state index contributed by atoms with van der Waals surface area (Å²) in [5.74, 6) is 0.895. The molecule has 3 atom stereocenters. The van der Waals surface area contributed by atoms with Gasteiger partial charge in [-0.2, -0.15) is 0 Å². The number of benzene rings is 1. The highest BCUT2D eigenvalue weighted by atomic mass is 35.5. The molecule has 1 saturated heterocycles. The number of aromatic nitrogens is 1. The van der Waals surface area contributed by atoms with Crippen molar-refractivity contribution in [2.24, 2.45) is 16.6 Å². The van der Waals surface area contributed by atoms with Crippen LogP contribution in [-0.4, -0.2) is 36.9 Å². The fourth-order valence-electron chi connectivity index (χ4n) is 4.16. The quantitative estimate of drug-likeness (QED) is 0.833. The van der Waals surface area contributed by atoms with Gasteiger partial charge >= 0.3 is 0 Å². The zero-order chi connectivity index (χ0) is 17.7. The van der Waals surface area contributed by atoms with Crippen molar-refractivity contribution in [1.82, 2.24) is 4.98 Å². The molecule has 0 amide bonds. The molecule has 134 valence electrons. The van der Waals surface area contributed by atoms with E-state index in [-0.39, 0.29) is 18.0 Å². The van der Waals surface area contributed by atoms with Crippen molar-refractivity contribution >= 4 is 17.6 Å². The molecule has 0 aliphatic carbocycles. The van der Waals surface area contributed by atoms with Crippen molar-refractivity contribution in [1.29, 1.82) is 0 Å². The lowest BCUT2D eigenvalue weighted by molar-refractivity contribution is -0.0726. The van der Waals surface area contributed by atoms with Crippen LogP contribution in [0.5, 0.6) is 5.75 Å². The fourth-order valence-corrected chi connectivity index (χ4v) is 4.33. The van der Waals surface area contributed by atoms with Crippen molar-refractivity contribution < 1.29 is 14.2 Å². The van der Waals surface area contributed by atoms with Gasteiger partial charge in [0, 0.05) is 29.9 Å². The van der Waals surface area contributed by atoms with Crippen molar-refractivity contribution in [2.75, 3.05) is 19.8 Å². The third kappa shape index (κ3) is 2.36. The van der Waals surface area contributed by atoms with Crippen molar-refractivity contribution in [3.8, 4) is 16.9 Å². The van der Waals surface area contributed by atoms with E-state index in [9.17, 15) is 0 Å². The van der Waals surface area contributed by atoms with E-state index in [1.165, 1.54) is 0 Å². The largest absolute Gasteiger partial charge is 0.489 e. The number of aliphatic imine (C=N–C) groups is 1. The molecule has 7 heteroatoms. The molecule has 0 bridgehead atoms. The van der Waals surface area contributed by atoms with Crippen LogP contribution >= 0.6 is 11.6 Å². The van der Waals surface area contributed by atoms with Crippen LogP contribution in [0.3, 0.4) is 0 Å². The number of hydrogen-bond donors (Lipinski definition) is 1. The Balaban J connectivity index is 1.67. The summed E-state index contributed by atoms with van der Waals surface area (Å²) in [6.45, 7) is 1.67. The highest BCUT2D eigenvalue weighted by molar-refractivity contribution is 6.30. The Morgan fingerprint density at radius 2 is 2.12 bits per heavy atom. The molecule has 1 fully saturated rings. The molecular formula is C19H18ClN3O3. The van der Waals surface area contributed by atoms with Gasteiger partial charge in [-0.15, -0.1) is 0 Å². The van der Waals surface area contributed by atoms with Crippen LogP contribution in [-0.2, 0) is 15.0 Å². The van der Waals surface area contributed by atoms with Gasteiger partial charge in [-0.3, -0.25) is 4.98 Å². The van der Waals surface area contributed by atoms with E-state index < -0.39 is 5.54 Å². The summed E-state index contributed by atoms with van der Waals surface area (Å²) in [5.41, 5.74) is 8.24. The number of ether oxygens (including phenoxy) is 3. The second-order valence-electron chi connectivity index (χ2n) is 6.89. The predicted octanol–water partition coefficient (Wildman–Crippen LogP) is 2.74. The molecule has 4 heterocycles. The Labute approximate surface area is 155 Å². The van der Waals surface area contributed by atoms with Gasteiger partial charge in [-0.25, -0.2) is 4.99 Å². The molecule has 3 aliphatic rings. The van der Waals surface area contributed by atoms with E-state index >= 15 is 0 Å². The second-order valence-corrected chi connectivity index (χ2v) is 7.33. The number of rotatable bonds is 1. The number of fused-ring (bicyclic) bond motifs is 4. The number of nitrogens with zero attached hydrogens (tertiary/aromatic N) is 2. The van der Waals surface area contributed by atoms with Gasteiger partial charge in [-0.05, 0) is 23.8 Å². The Morgan fingerprint density at radius 1 is 1.19 bits per heavy atom. The first-order valence-electron chi connectivity index (χ1n) is 8.64. The van der Waals surface area contributed by atoms with E-state index in [0.29, 0.717) is 24.8 Å². The maximum atomic E-state index is 6.29. The average molecular weight is 372 g/mol. The third-order valence-corrected chi connectivity index (χ3v) is 5.63. The van der Waals surface area contributed by atoms with Gasteiger partial charge in [0.2, 0.25) is 0 Å². The zero-order valence-electron chi connectivity index (χ0n) is 14.0. The summed E-state index contributed by atoms with van der Waals surface area (Å²) in [5, 5.41) is 0.596. The number of nitrogens with two attached hydrogens (primary N) is 1. The fraction of sp³-hybridized carbons (Fsp3) is 0.368.